The van der Waals surface area contributed by atoms with Crippen LogP contribution in [-0.4, -0.2) is 22.1 Å². The second-order valence-electron chi connectivity index (χ2n) is 5.99. The Balaban J connectivity index is 2.17. The molecule has 0 aliphatic heterocycles. The summed E-state index contributed by atoms with van der Waals surface area (Å²) in [4.78, 5) is 16.8. The zero-order valence-electron chi connectivity index (χ0n) is 14.6. The zero-order chi connectivity index (χ0) is 18.0. The van der Waals surface area contributed by atoms with Crippen LogP contribution in [0.1, 0.15) is 43.6 Å². The smallest absolute Gasteiger partial charge is 0.338 e. The van der Waals surface area contributed by atoms with E-state index in [9.17, 15) is 4.79 Å². The maximum absolute atomic E-state index is 12.0. The minimum atomic E-state index is -0.324. The van der Waals surface area contributed by atoms with Crippen LogP contribution in [-0.2, 0) is 4.74 Å². The lowest BCUT2D eigenvalue weighted by Crippen LogP contribution is -2.06. The molecule has 1 heterocycles. The summed E-state index contributed by atoms with van der Waals surface area (Å²) in [5.41, 5.74) is 3.31. The second-order valence-corrected chi connectivity index (χ2v) is 6.43. The number of fused-ring (bicyclic) bond motifs is 1. The maximum Gasteiger partial charge on any atom is 0.338 e. The highest BCUT2D eigenvalue weighted by molar-refractivity contribution is 6.30. The summed E-state index contributed by atoms with van der Waals surface area (Å²) < 4.78 is 7.31. The number of aromatic nitrogens is 2. The first-order valence-electron chi connectivity index (χ1n) is 8.50. The molecule has 1 unspecified atom stereocenters. The number of nitrogens with zero attached hydrogens (tertiary/aromatic N) is 2. The van der Waals surface area contributed by atoms with E-state index in [2.05, 4.69) is 18.4 Å². The number of halogens is 1. The van der Waals surface area contributed by atoms with Gasteiger partial charge in [0.2, 0.25) is 0 Å². The Hall–Kier alpha value is -2.33. The van der Waals surface area contributed by atoms with E-state index in [-0.39, 0.29) is 12.0 Å². The first kappa shape index (κ1) is 17.5. The minimum absolute atomic E-state index is 0.282. The molecule has 0 saturated heterocycles. The maximum atomic E-state index is 12.0. The van der Waals surface area contributed by atoms with Gasteiger partial charge in [-0.15, -0.1) is 0 Å². The van der Waals surface area contributed by atoms with Crippen LogP contribution in [0.3, 0.4) is 0 Å². The Bertz CT molecular complexity index is 900. The largest absolute Gasteiger partial charge is 0.462 e. The number of ether oxygens (including phenoxy) is 1. The van der Waals surface area contributed by atoms with Gasteiger partial charge in [0.1, 0.15) is 5.82 Å². The highest BCUT2D eigenvalue weighted by Crippen LogP contribution is 2.31. The number of hydrogen-bond acceptors (Lipinski definition) is 3. The van der Waals surface area contributed by atoms with Gasteiger partial charge in [-0.25, -0.2) is 9.78 Å². The Morgan fingerprint density at radius 1 is 1.20 bits per heavy atom. The third-order valence-corrected chi connectivity index (χ3v) is 4.59. The highest BCUT2D eigenvalue weighted by atomic mass is 35.5. The van der Waals surface area contributed by atoms with Crippen molar-refractivity contribution in [3.63, 3.8) is 0 Å². The van der Waals surface area contributed by atoms with Gasteiger partial charge in [-0.2, -0.15) is 0 Å². The van der Waals surface area contributed by atoms with Crippen molar-refractivity contribution in [2.45, 2.75) is 33.2 Å². The first-order valence-corrected chi connectivity index (χ1v) is 8.88. The molecule has 0 aliphatic rings. The van der Waals surface area contributed by atoms with Gasteiger partial charge in [-0.3, -0.25) is 0 Å². The SMILES string of the molecule is CCOC(=O)c1ccc2c(c1)nc(-c1ccc(Cl)cc1)n2C(C)CC. The summed E-state index contributed by atoms with van der Waals surface area (Å²) in [5.74, 6) is 0.553. The third kappa shape index (κ3) is 3.40. The summed E-state index contributed by atoms with van der Waals surface area (Å²) in [7, 11) is 0. The number of hydrogen-bond donors (Lipinski definition) is 0. The van der Waals surface area contributed by atoms with Crippen LogP contribution in [0.15, 0.2) is 42.5 Å². The van der Waals surface area contributed by atoms with Crippen molar-refractivity contribution in [3.8, 4) is 11.4 Å². The third-order valence-electron chi connectivity index (χ3n) is 4.33. The summed E-state index contributed by atoms with van der Waals surface area (Å²) >= 11 is 6.01. The first-order chi connectivity index (χ1) is 12.0. The number of imidazole rings is 1. The monoisotopic (exact) mass is 356 g/mol. The van der Waals surface area contributed by atoms with E-state index in [4.69, 9.17) is 21.3 Å². The van der Waals surface area contributed by atoms with Gasteiger partial charge in [-0.1, -0.05) is 18.5 Å². The van der Waals surface area contributed by atoms with Gasteiger partial charge >= 0.3 is 5.97 Å². The predicted octanol–water partition coefficient (Wildman–Crippen LogP) is 5.50. The van der Waals surface area contributed by atoms with Crippen molar-refractivity contribution in [2.24, 2.45) is 0 Å². The summed E-state index contributed by atoms with van der Waals surface area (Å²) in [6.45, 7) is 6.47. The molecule has 5 heteroatoms. The van der Waals surface area contributed by atoms with Crippen LogP contribution < -0.4 is 0 Å². The molecule has 4 nitrogen and oxygen atoms in total. The lowest BCUT2D eigenvalue weighted by molar-refractivity contribution is 0.0526. The fourth-order valence-electron chi connectivity index (χ4n) is 2.87. The average Bonchev–Trinajstić information content (AvgIpc) is 3.00. The average molecular weight is 357 g/mol. The van der Waals surface area contributed by atoms with Gasteiger partial charge in [0.05, 0.1) is 23.2 Å². The van der Waals surface area contributed by atoms with Crippen LogP contribution in [0, 0.1) is 0 Å². The molecule has 0 aliphatic carbocycles. The number of carbonyl (C=O) groups is 1. The van der Waals surface area contributed by atoms with Gasteiger partial charge in [0.25, 0.3) is 0 Å². The van der Waals surface area contributed by atoms with Crippen molar-refractivity contribution in [3.05, 3.63) is 53.1 Å². The summed E-state index contributed by atoms with van der Waals surface area (Å²) in [5, 5.41) is 0.694. The molecule has 25 heavy (non-hydrogen) atoms. The van der Waals surface area contributed by atoms with Crippen molar-refractivity contribution < 1.29 is 9.53 Å². The van der Waals surface area contributed by atoms with Gasteiger partial charge < -0.3 is 9.30 Å². The number of esters is 1. The van der Waals surface area contributed by atoms with Crippen molar-refractivity contribution in [1.29, 1.82) is 0 Å². The second kappa shape index (κ2) is 7.28. The van der Waals surface area contributed by atoms with Crippen LogP contribution in [0.5, 0.6) is 0 Å². The Labute approximate surface area is 152 Å². The summed E-state index contributed by atoms with van der Waals surface area (Å²) in [6, 6.07) is 13.5. The predicted molar refractivity (Wildman–Crippen MR) is 101 cm³/mol. The van der Waals surface area contributed by atoms with Gasteiger partial charge in [-0.05, 0) is 62.7 Å². The molecular formula is C20H21ClN2O2. The lowest BCUT2D eigenvalue weighted by Gasteiger charge is -2.16. The molecule has 0 fully saturated rings. The molecule has 0 amide bonds. The lowest BCUT2D eigenvalue weighted by atomic mass is 10.1. The Kier molecular flexibility index (Phi) is 5.09. The molecule has 1 atom stereocenters. The molecule has 0 N–H and O–H groups in total. The molecule has 0 spiro atoms. The molecule has 130 valence electrons. The van der Waals surface area contributed by atoms with Crippen molar-refractivity contribution in [2.75, 3.05) is 6.61 Å². The van der Waals surface area contributed by atoms with Crippen molar-refractivity contribution >= 4 is 28.6 Å². The van der Waals surface area contributed by atoms with E-state index in [0.717, 1.165) is 28.8 Å². The molecular weight excluding hydrogens is 336 g/mol. The fraction of sp³-hybridized carbons (Fsp3) is 0.300. The number of carbonyl (C=O) groups excluding carboxylic acids is 1. The van der Waals surface area contributed by atoms with Gasteiger partial charge in [0, 0.05) is 16.6 Å². The van der Waals surface area contributed by atoms with E-state index in [0.29, 0.717) is 17.2 Å². The molecule has 2 aromatic carbocycles. The van der Waals surface area contributed by atoms with Crippen LogP contribution in [0.25, 0.3) is 22.4 Å². The molecule has 0 saturated carbocycles. The van der Waals surface area contributed by atoms with E-state index in [1.165, 1.54) is 0 Å². The topological polar surface area (TPSA) is 44.1 Å². The normalized spacial score (nSPS) is 12.3. The molecule has 0 radical (unpaired) electrons. The molecule has 3 aromatic rings. The van der Waals surface area contributed by atoms with E-state index in [1.54, 1.807) is 19.1 Å². The van der Waals surface area contributed by atoms with Crippen LogP contribution in [0.4, 0.5) is 0 Å². The summed E-state index contributed by atoms with van der Waals surface area (Å²) in [6.07, 6.45) is 0.978. The van der Waals surface area contributed by atoms with Gasteiger partial charge in [0.15, 0.2) is 0 Å². The van der Waals surface area contributed by atoms with Crippen molar-refractivity contribution in [1.82, 2.24) is 9.55 Å². The molecule has 1 aromatic heterocycles. The van der Waals surface area contributed by atoms with Crippen LogP contribution in [0.2, 0.25) is 5.02 Å². The molecule has 0 bridgehead atoms. The fourth-order valence-corrected chi connectivity index (χ4v) is 3.00. The van der Waals surface area contributed by atoms with Crippen LogP contribution >= 0.6 is 11.6 Å². The number of rotatable bonds is 5. The highest BCUT2D eigenvalue weighted by Gasteiger charge is 2.18. The minimum Gasteiger partial charge on any atom is -0.462 e. The quantitative estimate of drug-likeness (QED) is 0.566. The van der Waals surface area contributed by atoms with E-state index >= 15 is 0 Å². The standard InChI is InChI=1S/C20H21ClN2O2/c1-4-13(3)23-18-11-8-15(20(24)25-5-2)12-17(18)22-19(23)14-6-9-16(21)10-7-14/h6-13H,4-5H2,1-3H3. The van der Waals surface area contributed by atoms with E-state index < -0.39 is 0 Å². The zero-order valence-corrected chi connectivity index (χ0v) is 15.4. The number of benzene rings is 2. The Morgan fingerprint density at radius 2 is 1.92 bits per heavy atom. The van der Waals surface area contributed by atoms with E-state index in [1.807, 2.05) is 30.3 Å². The molecule has 3 rings (SSSR count). The Morgan fingerprint density at radius 3 is 2.56 bits per heavy atom.